The summed E-state index contributed by atoms with van der Waals surface area (Å²) in [6.45, 7) is 1.99. The Morgan fingerprint density at radius 2 is 1.82 bits per heavy atom. The van der Waals surface area contributed by atoms with Crippen LogP contribution in [-0.2, 0) is 16.0 Å². The number of nitrogens with one attached hydrogen (secondary N) is 4. The second kappa shape index (κ2) is 10.4. The van der Waals surface area contributed by atoms with Gasteiger partial charge in [0.05, 0.1) is 28.2 Å². The van der Waals surface area contributed by atoms with Crippen molar-refractivity contribution in [2.24, 2.45) is 0 Å². The number of H-pyrrole nitrogens is 1. The molecule has 4 aromatic rings. The number of amides is 2. The molecule has 0 saturated carbocycles. The molecule has 2 heterocycles. The molecule has 190 valence electrons. The van der Waals surface area contributed by atoms with E-state index in [2.05, 4.69) is 25.9 Å². The maximum Gasteiger partial charge on any atom is 0.270 e. The van der Waals surface area contributed by atoms with Crippen molar-refractivity contribution in [3.05, 3.63) is 106 Å². The maximum absolute atomic E-state index is 13.2. The summed E-state index contributed by atoms with van der Waals surface area (Å²) in [6, 6.07) is 19.6. The number of nitro benzene ring substituents is 1. The summed E-state index contributed by atoms with van der Waals surface area (Å²) in [6.07, 6.45) is 4.07. The van der Waals surface area contributed by atoms with Crippen LogP contribution in [0, 0.1) is 10.1 Å². The molecule has 1 aliphatic rings. The van der Waals surface area contributed by atoms with Crippen LogP contribution in [0.5, 0.6) is 0 Å². The van der Waals surface area contributed by atoms with Crippen LogP contribution in [0.25, 0.3) is 22.5 Å². The van der Waals surface area contributed by atoms with E-state index in [1.54, 1.807) is 18.6 Å². The number of rotatable bonds is 8. The molecule has 0 unspecified atom stereocenters. The van der Waals surface area contributed by atoms with E-state index >= 15 is 0 Å². The van der Waals surface area contributed by atoms with E-state index in [-0.39, 0.29) is 17.5 Å². The van der Waals surface area contributed by atoms with Gasteiger partial charge < -0.3 is 20.9 Å². The Morgan fingerprint density at radius 1 is 1.05 bits per heavy atom. The number of aromatic nitrogens is 2. The number of nitrogens with zero attached hydrogens (tertiary/aromatic N) is 2. The minimum atomic E-state index is -0.481. The van der Waals surface area contributed by atoms with Gasteiger partial charge in [0.25, 0.3) is 11.6 Å². The Labute approximate surface area is 218 Å². The maximum atomic E-state index is 13.2. The van der Waals surface area contributed by atoms with Gasteiger partial charge in [-0.2, -0.15) is 0 Å². The molecule has 5 rings (SSSR count). The summed E-state index contributed by atoms with van der Waals surface area (Å²) in [4.78, 5) is 42.5. The summed E-state index contributed by atoms with van der Waals surface area (Å²) in [5.41, 5.74) is 5.90. The van der Waals surface area contributed by atoms with Crippen molar-refractivity contribution < 1.29 is 14.5 Å². The number of nitro groups is 1. The van der Waals surface area contributed by atoms with Gasteiger partial charge in [-0.1, -0.05) is 36.4 Å². The molecular weight excluding hydrogens is 484 g/mol. The average Bonchev–Trinajstić information content (AvgIpc) is 3.55. The Kier molecular flexibility index (Phi) is 6.68. The molecule has 0 fully saturated rings. The number of non-ortho nitro benzene ring substituents is 1. The molecule has 0 aliphatic carbocycles. The molecule has 10 nitrogen and oxygen atoms in total. The first kappa shape index (κ1) is 24.4. The predicted octanol–water partition coefficient (Wildman–Crippen LogP) is 4.60. The number of carbonyl (C=O) groups is 2. The van der Waals surface area contributed by atoms with Gasteiger partial charge in [0.2, 0.25) is 5.91 Å². The van der Waals surface area contributed by atoms with E-state index in [0.29, 0.717) is 35.5 Å². The number of fused-ring (bicyclic) bond motifs is 1. The summed E-state index contributed by atoms with van der Waals surface area (Å²) in [5, 5.41) is 20.4. The third-order valence-electron chi connectivity index (χ3n) is 6.19. The second-order valence-electron chi connectivity index (χ2n) is 8.78. The minimum absolute atomic E-state index is 0.0869. The molecule has 1 aromatic heterocycles. The summed E-state index contributed by atoms with van der Waals surface area (Å²) >= 11 is 0. The molecule has 0 spiro atoms. The number of anilines is 2. The van der Waals surface area contributed by atoms with Gasteiger partial charge >= 0.3 is 0 Å². The molecule has 2 amide bonds. The number of benzene rings is 3. The average molecular weight is 509 g/mol. The van der Waals surface area contributed by atoms with Crippen LogP contribution in [0.2, 0.25) is 0 Å². The highest BCUT2D eigenvalue weighted by atomic mass is 16.6. The predicted molar refractivity (Wildman–Crippen MR) is 145 cm³/mol. The van der Waals surface area contributed by atoms with Gasteiger partial charge in [-0.25, -0.2) is 4.98 Å². The van der Waals surface area contributed by atoms with Crippen LogP contribution in [0.4, 0.5) is 17.1 Å². The van der Waals surface area contributed by atoms with Gasteiger partial charge in [-0.05, 0) is 35.7 Å². The lowest BCUT2D eigenvalue weighted by Crippen LogP contribution is -2.22. The number of hydrogen-bond acceptors (Lipinski definition) is 6. The van der Waals surface area contributed by atoms with E-state index in [4.69, 9.17) is 0 Å². The highest BCUT2D eigenvalue weighted by Gasteiger charge is 2.30. The zero-order chi connectivity index (χ0) is 26.6. The van der Waals surface area contributed by atoms with E-state index in [1.165, 1.54) is 19.1 Å². The molecule has 10 heteroatoms. The Balaban J connectivity index is 1.55. The molecule has 3 aromatic carbocycles. The van der Waals surface area contributed by atoms with Crippen molar-refractivity contribution in [3.63, 3.8) is 0 Å². The third-order valence-corrected chi connectivity index (χ3v) is 6.19. The van der Waals surface area contributed by atoms with Crippen LogP contribution in [-0.4, -0.2) is 33.3 Å². The Hall–Kier alpha value is -5.25. The fraction of sp³-hybridized carbons (Fsp3) is 0.107. The molecule has 4 N–H and O–H groups in total. The lowest BCUT2D eigenvalue weighted by atomic mass is 9.98. The number of carbonyl (C=O) groups excluding carboxylic acids is 2. The van der Waals surface area contributed by atoms with Crippen molar-refractivity contribution in [1.29, 1.82) is 0 Å². The SMILES string of the molecule is CC(=O)NCCc1ccc(C(Nc2ccc(-c3c[nH]cn3)cc2)=C2C(=O)Nc3ccc([N+](=O)[O-])cc32)cc1. The first-order chi connectivity index (χ1) is 18.4. The van der Waals surface area contributed by atoms with Crippen molar-refractivity contribution in [2.45, 2.75) is 13.3 Å². The van der Waals surface area contributed by atoms with Crippen molar-refractivity contribution in [2.75, 3.05) is 17.2 Å². The zero-order valence-corrected chi connectivity index (χ0v) is 20.4. The van der Waals surface area contributed by atoms with Gasteiger partial charge in [0.1, 0.15) is 0 Å². The van der Waals surface area contributed by atoms with Crippen LogP contribution in [0.1, 0.15) is 23.6 Å². The largest absolute Gasteiger partial charge is 0.356 e. The highest BCUT2D eigenvalue weighted by molar-refractivity contribution is 6.37. The van der Waals surface area contributed by atoms with Gasteiger partial charge in [0.15, 0.2) is 0 Å². The van der Waals surface area contributed by atoms with E-state index in [1.807, 2.05) is 48.5 Å². The van der Waals surface area contributed by atoms with Crippen LogP contribution >= 0.6 is 0 Å². The molecule has 0 bridgehead atoms. The van der Waals surface area contributed by atoms with Gasteiger partial charge in [-0.3, -0.25) is 19.7 Å². The molecule has 0 atom stereocenters. The summed E-state index contributed by atoms with van der Waals surface area (Å²) in [7, 11) is 0. The summed E-state index contributed by atoms with van der Waals surface area (Å²) in [5.74, 6) is -0.443. The Morgan fingerprint density at radius 3 is 2.47 bits per heavy atom. The van der Waals surface area contributed by atoms with Crippen molar-refractivity contribution >= 4 is 40.1 Å². The fourth-order valence-electron chi connectivity index (χ4n) is 4.30. The third kappa shape index (κ3) is 5.14. The normalized spacial score (nSPS) is 13.4. The van der Waals surface area contributed by atoms with Crippen molar-refractivity contribution in [3.8, 4) is 11.3 Å². The van der Waals surface area contributed by atoms with Crippen LogP contribution in [0.15, 0.2) is 79.3 Å². The first-order valence-corrected chi connectivity index (χ1v) is 11.9. The standard InChI is InChI=1S/C28H24N6O4/c1-17(35)30-13-12-18-2-4-20(5-3-18)27(32-21-8-6-19(7-9-21)25-15-29-16-31-25)26-23-14-22(34(37)38)10-11-24(23)33-28(26)36/h2-11,14-16,32H,12-13H2,1H3,(H,29,31)(H,30,35)(H,33,36). The second-order valence-corrected chi connectivity index (χ2v) is 8.78. The van der Waals surface area contributed by atoms with Gasteiger partial charge in [0, 0.05) is 54.3 Å². The molecular formula is C28H24N6O4. The number of hydrogen-bond donors (Lipinski definition) is 4. The first-order valence-electron chi connectivity index (χ1n) is 11.9. The fourth-order valence-corrected chi connectivity index (χ4v) is 4.30. The van der Waals surface area contributed by atoms with Gasteiger partial charge in [-0.15, -0.1) is 0 Å². The van der Waals surface area contributed by atoms with E-state index in [0.717, 1.165) is 28.1 Å². The smallest absolute Gasteiger partial charge is 0.270 e. The number of aromatic amines is 1. The zero-order valence-electron chi connectivity index (χ0n) is 20.4. The lowest BCUT2D eigenvalue weighted by Gasteiger charge is -2.16. The molecule has 38 heavy (non-hydrogen) atoms. The topological polar surface area (TPSA) is 142 Å². The monoisotopic (exact) mass is 508 g/mol. The van der Waals surface area contributed by atoms with Crippen LogP contribution in [0.3, 0.4) is 0 Å². The minimum Gasteiger partial charge on any atom is -0.356 e. The highest BCUT2D eigenvalue weighted by Crippen LogP contribution is 2.39. The molecule has 1 aliphatic heterocycles. The van der Waals surface area contributed by atoms with Crippen molar-refractivity contribution in [1.82, 2.24) is 15.3 Å². The Bertz CT molecular complexity index is 1540. The lowest BCUT2D eigenvalue weighted by molar-refractivity contribution is -0.384. The number of imidazole rings is 1. The van der Waals surface area contributed by atoms with E-state index in [9.17, 15) is 19.7 Å². The summed E-state index contributed by atoms with van der Waals surface area (Å²) < 4.78 is 0. The van der Waals surface area contributed by atoms with E-state index < -0.39 is 4.92 Å². The van der Waals surface area contributed by atoms with Crippen LogP contribution < -0.4 is 16.0 Å². The molecule has 0 saturated heterocycles. The quantitative estimate of drug-likeness (QED) is 0.156. The molecule has 0 radical (unpaired) electrons.